The van der Waals surface area contributed by atoms with E-state index in [1.165, 1.54) is 0 Å². The molecule has 0 radical (unpaired) electrons. The number of aliphatic hydroxyl groups excluding tert-OH is 4. The molecule has 0 aromatic heterocycles. The van der Waals surface area contributed by atoms with E-state index in [1.807, 2.05) is 0 Å². The standard InChI is InChI=1S/C7H11NO7/c9-1-8-6(13)5-3(11)2(10)4(12)7(14)15-5/h1-5,7,10-12,14H,(H,8,9,13)/t2-,3-,4+,5-,7?/m0/s1. The van der Waals surface area contributed by atoms with Gasteiger partial charge in [0.05, 0.1) is 0 Å². The van der Waals surface area contributed by atoms with Crippen LogP contribution in [0.25, 0.3) is 0 Å². The van der Waals surface area contributed by atoms with E-state index in [2.05, 4.69) is 4.74 Å². The van der Waals surface area contributed by atoms with Crippen LogP contribution in [-0.4, -0.2) is 63.4 Å². The largest absolute Gasteiger partial charge is 0.387 e. The van der Waals surface area contributed by atoms with Crippen LogP contribution < -0.4 is 5.32 Å². The van der Waals surface area contributed by atoms with Crippen molar-refractivity contribution in [2.45, 2.75) is 30.7 Å². The summed E-state index contributed by atoms with van der Waals surface area (Å²) in [6, 6.07) is 0. The van der Waals surface area contributed by atoms with Gasteiger partial charge in [0.2, 0.25) is 6.41 Å². The number of rotatable bonds is 2. The van der Waals surface area contributed by atoms with Crippen molar-refractivity contribution in [1.82, 2.24) is 5.32 Å². The van der Waals surface area contributed by atoms with Gasteiger partial charge in [0.15, 0.2) is 12.4 Å². The first kappa shape index (κ1) is 12.0. The van der Waals surface area contributed by atoms with Crippen LogP contribution in [0.5, 0.6) is 0 Å². The maximum Gasteiger partial charge on any atom is 0.258 e. The number of hydrogen-bond donors (Lipinski definition) is 5. The van der Waals surface area contributed by atoms with Crippen LogP contribution in [0.3, 0.4) is 0 Å². The molecule has 5 N–H and O–H groups in total. The molecule has 0 bridgehead atoms. The average molecular weight is 221 g/mol. The van der Waals surface area contributed by atoms with E-state index in [0.717, 1.165) is 0 Å². The Morgan fingerprint density at radius 1 is 1.13 bits per heavy atom. The molecule has 2 amide bonds. The van der Waals surface area contributed by atoms with Crippen molar-refractivity contribution in [2.24, 2.45) is 0 Å². The molecule has 86 valence electrons. The van der Waals surface area contributed by atoms with E-state index >= 15 is 0 Å². The van der Waals surface area contributed by atoms with Gasteiger partial charge in [-0.25, -0.2) is 0 Å². The molecule has 15 heavy (non-hydrogen) atoms. The second-order valence-electron chi connectivity index (χ2n) is 3.05. The molecule has 1 aliphatic rings. The quantitative estimate of drug-likeness (QED) is 0.300. The van der Waals surface area contributed by atoms with Gasteiger partial charge in [-0.2, -0.15) is 0 Å². The molecule has 0 aromatic rings. The highest BCUT2D eigenvalue weighted by Gasteiger charge is 2.46. The zero-order valence-corrected chi connectivity index (χ0v) is 7.48. The summed E-state index contributed by atoms with van der Waals surface area (Å²) < 4.78 is 4.52. The number of nitrogens with one attached hydrogen (secondary N) is 1. The highest BCUT2D eigenvalue weighted by atomic mass is 16.6. The van der Waals surface area contributed by atoms with Crippen LogP contribution in [0.2, 0.25) is 0 Å². The topological polar surface area (TPSA) is 136 Å². The minimum Gasteiger partial charge on any atom is -0.387 e. The van der Waals surface area contributed by atoms with Crippen molar-refractivity contribution >= 4 is 12.3 Å². The summed E-state index contributed by atoms with van der Waals surface area (Å²) >= 11 is 0. The minimum absolute atomic E-state index is 0.0716. The zero-order chi connectivity index (χ0) is 11.6. The smallest absolute Gasteiger partial charge is 0.258 e. The second kappa shape index (κ2) is 4.64. The summed E-state index contributed by atoms with van der Waals surface area (Å²) in [6.07, 6.45) is -8.49. The van der Waals surface area contributed by atoms with E-state index in [-0.39, 0.29) is 6.41 Å². The number of imide groups is 1. The van der Waals surface area contributed by atoms with Crippen LogP contribution in [0.15, 0.2) is 0 Å². The lowest BCUT2D eigenvalue weighted by Gasteiger charge is -2.37. The van der Waals surface area contributed by atoms with Crippen molar-refractivity contribution in [1.29, 1.82) is 0 Å². The molecular formula is C7H11NO7. The van der Waals surface area contributed by atoms with Crippen molar-refractivity contribution < 1.29 is 34.8 Å². The monoisotopic (exact) mass is 221 g/mol. The lowest BCUT2D eigenvalue weighted by Crippen LogP contribution is -2.61. The van der Waals surface area contributed by atoms with Crippen molar-refractivity contribution in [3.05, 3.63) is 0 Å². The second-order valence-corrected chi connectivity index (χ2v) is 3.05. The molecule has 1 aliphatic heterocycles. The number of carbonyl (C=O) groups is 2. The van der Waals surface area contributed by atoms with Crippen LogP contribution in [0, 0.1) is 0 Å². The number of hydrogen-bond acceptors (Lipinski definition) is 7. The normalized spacial score (nSPS) is 40.9. The van der Waals surface area contributed by atoms with Crippen molar-refractivity contribution in [2.75, 3.05) is 0 Å². The van der Waals surface area contributed by atoms with Crippen LogP contribution in [-0.2, 0) is 14.3 Å². The van der Waals surface area contributed by atoms with Gasteiger partial charge < -0.3 is 25.2 Å². The van der Waals surface area contributed by atoms with E-state index in [0.29, 0.717) is 0 Å². The van der Waals surface area contributed by atoms with Gasteiger partial charge in [0.1, 0.15) is 18.3 Å². The number of ether oxygens (including phenoxy) is 1. The summed E-state index contributed by atoms with van der Waals surface area (Å²) in [5.41, 5.74) is 0. The first-order valence-corrected chi connectivity index (χ1v) is 4.10. The summed E-state index contributed by atoms with van der Waals surface area (Å²) in [4.78, 5) is 21.0. The number of carbonyl (C=O) groups excluding carboxylic acids is 2. The molecule has 1 rings (SSSR count). The summed E-state index contributed by atoms with van der Waals surface area (Å²) in [7, 11) is 0. The minimum atomic E-state index is -1.80. The molecule has 0 aliphatic carbocycles. The fraction of sp³-hybridized carbons (Fsp3) is 0.714. The van der Waals surface area contributed by atoms with Gasteiger partial charge in [-0.15, -0.1) is 0 Å². The first-order chi connectivity index (χ1) is 6.99. The number of amides is 2. The molecule has 1 unspecified atom stereocenters. The third kappa shape index (κ3) is 2.30. The van der Waals surface area contributed by atoms with Crippen LogP contribution >= 0.6 is 0 Å². The third-order valence-corrected chi connectivity index (χ3v) is 2.05. The van der Waals surface area contributed by atoms with Gasteiger partial charge in [-0.1, -0.05) is 0 Å². The highest BCUT2D eigenvalue weighted by Crippen LogP contribution is 2.19. The van der Waals surface area contributed by atoms with Gasteiger partial charge in [-0.3, -0.25) is 14.9 Å². The Balaban J connectivity index is 2.74. The Labute approximate surface area is 84.1 Å². The third-order valence-electron chi connectivity index (χ3n) is 2.05. The fourth-order valence-corrected chi connectivity index (χ4v) is 1.22. The van der Waals surface area contributed by atoms with Gasteiger partial charge >= 0.3 is 0 Å². The molecular weight excluding hydrogens is 210 g/mol. The molecule has 0 aromatic carbocycles. The first-order valence-electron chi connectivity index (χ1n) is 4.10. The zero-order valence-electron chi connectivity index (χ0n) is 7.48. The van der Waals surface area contributed by atoms with Gasteiger partial charge in [-0.05, 0) is 0 Å². The fourth-order valence-electron chi connectivity index (χ4n) is 1.22. The molecule has 8 heteroatoms. The van der Waals surface area contributed by atoms with Crippen LogP contribution in [0.1, 0.15) is 0 Å². The van der Waals surface area contributed by atoms with Crippen LogP contribution in [0.4, 0.5) is 0 Å². The molecule has 0 saturated carbocycles. The molecule has 1 fully saturated rings. The summed E-state index contributed by atoms with van der Waals surface area (Å²) in [5.74, 6) is -1.01. The summed E-state index contributed by atoms with van der Waals surface area (Å²) in [6.45, 7) is 0. The Bertz CT molecular complexity index is 258. The highest BCUT2D eigenvalue weighted by molar-refractivity contribution is 5.89. The van der Waals surface area contributed by atoms with Crippen molar-refractivity contribution in [3.63, 3.8) is 0 Å². The maximum absolute atomic E-state index is 11.1. The predicted octanol–water partition coefficient (Wildman–Crippen LogP) is -3.94. The van der Waals surface area contributed by atoms with E-state index < -0.39 is 36.6 Å². The molecule has 1 heterocycles. The predicted molar refractivity (Wildman–Crippen MR) is 43.1 cm³/mol. The number of aliphatic hydroxyl groups is 4. The lowest BCUT2D eigenvalue weighted by atomic mass is 9.98. The van der Waals surface area contributed by atoms with E-state index in [1.54, 1.807) is 5.32 Å². The Hall–Kier alpha value is -1.06. The lowest BCUT2D eigenvalue weighted by molar-refractivity contribution is -0.275. The molecule has 8 nitrogen and oxygen atoms in total. The SMILES string of the molecule is O=CNC(=O)[C@H]1OC(O)[C@H](O)[C@@H](O)[C@@H]1O. The Kier molecular flexibility index (Phi) is 3.72. The van der Waals surface area contributed by atoms with E-state index in [9.17, 15) is 19.8 Å². The molecule has 0 spiro atoms. The van der Waals surface area contributed by atoms with Gasteiger partial charge in [0, 0.05) is 0 Å². The molecule has 5 atom stereocenters. The Morgan fingerprint density at radius 3 is 2.27 bits per heavy atom. The molecule has 1 saturated heterocycles. The van der Waals surface area contributed by atoms with Crippen molar-refractivity contribution in [3.8, 4) is 0 Å². The average Bonchev–Trinajstić information content (AvgIpc) is 2.20. The van der Waals surface area contributed by atoms with E-state index in [4.69, 9.17) is 10.2 Å². The van der Waals surface area contributed by atoms with Gasteiger partial charge in [0.25, 0.3) is 5.91 Å². The maximum atomic E-state index is 11.1. The summed E-state index contributed by atoms with van der Waals surface area (Å²) in [5, 5.41) is 38.3. The Morgan fingerprint density at radius 2 is 1.73 bits per heavy atom.